The Morgan fingerprint density at radius 2 is 1.66 bits per heavy atom. The van der Waals surface area contributed by atoms with Crippen molar-refractivity contribution in [2.24, 2.45) is 4.99 Å². The molecule has 3 aromatic carbocycles. The van der Waals surface area contributed by atoms with Crippen LogP contribution in [0.2, 0.25) is 0 Å². The van der Waals surface area contributed by atoms with Gasteiger partial charge in [-0.05, 0) is 92.6 Å². The van der Waals surface area contributed by atoms with E-state index in [1.165, 1.54) is 28.0 Å². The summed E-state index contributed by atoms with van der Waals surface area (Å²) in [6.07, 6.45) is 1.80. The van der Waals surface area contributed by atoms with E-state index in [2.05, 4.69) is 10.3 Å². The fraction of sp³-hybridized carbons (Fsp3) is 0.118. The van der Waals surface area contributed by atoms with Crippen LogP contribution in [0.1, 0.15) is 45.8 Å². The summed E-state index contributed by atoms with van der Waals surface area (Å²) >= 11 is 1.22. The minimum atomic E-state index is -0.997. The van der Waals surface area contributed by atoms with Gasteiger partial charge in [-0.1, -0.05) is 41.7 Å². The number of aromatic carboxylic acids is 1. The second kappa shape index (κ2) is 11.4. The maximum Gasteiger partial charge on any atom is 0.335 e. The van der Waals surface area contributed by atoms with E-state index in [4.69, 9.17) is 0 Å². The number of nitrogens with zero attached hydrogens (tertiary/aromatic N) is 3. The van der Waals surface area contributed by atoms with E-state index in [1.54, 1.807) is 61.5 Å². The van der Waals surface area contributed by atoms with E-state index in [-0.39, 0.29) is 11.1 Å². The normalized spacial score (nSPS) is 14.7. The Labute approximate surface area is 255 Å². The summed E-state index contributed by atoms with van der Waals surface area (Å²) in [5, 5.41) is 12.2. The molecule has 44 heavy (non-hydrogen) atoms. The first-order chi connectivity index (χ1) is 21.1. The van der Waals surface area contributed by atoms with Crippen LogP contribution in [0, 0.1) is 19.7 Å². The molecule has 0 saturated heterocycles. The van der Waals surface area contributed by atoms with Crippen molar-refractivity contribution in [3.63, 3.8) is 0 Å². The molecule has 6 rings (SSSR count). The van der Waals surface area contributed by atoms with Crippen LogP contribution < -0.4 is 20.2 Å². The van der Waals surface area contributed by atoms with Gasteiger partial charge in [-0.2, -0.15) is 0 Å². The molecule has 8 nitrogen and oxygen atoms in total. The predicted molar refractivity (Wildman–Crippen MR) is 167 cm³/mol. The molecule has 0 bridgehead atoms. The van der Waals surface area contributed by atoms with Gasteiger partial charge in [-0.15, -0.1) is 0 Å². The summed E-state index contributed by atoms with van der Waals surface area (Å²) in [6.45, 7) is 5.60. The number of para-hydroxylation sites is 1. The predicted octanol–water partition coefficient (Wildman–Crippen LogP) is 5.12. The number of rotatable bonds is 6. The average molecular weight is 607 g/mol. The van der Waals surface area contributed by atoms with E-state index in [9.17, 15) is 23.9 Å². The van der Waals surface area contributed by atoms with Crippen LogP contribution in [-0.4, -0.2) is 26.1 Å². The molecule has 220 valence electrons. The molecule has 0 fully saturated rings. The third-order valence-corrected chi connectivity index (χ3v) is 8.60. The molecule has 0 unspecified atom stereocenters. The molecule has 2 N–H and O–H groups in total. The Kier molecular flexibility index (Phi) is 7.44. The van der Waals surface area contributed by atoms with Crippen LogP contribution in [0.4, 0.5) is 10.1 Å². The molecule has 5 aromatic rings. The molecule has 1 atom stereocenters. The van der Waals surface area contributed by atoms with Crippen molar-refractivity contribution >= 4 is 35.0 Å². The first-order valence-electron chi connectivity index (χ1n) is 13.8. The zero-order valence-electron chi connectivity index (χ0n) is 24.0. The lowest BCUT2D eigenvalue weighted by molar-refractivity contribution is -0.113. The molecule has 3 heterocycles. The lowest BCUT2D eigenvalue weighted by Gasteiger charge is -2.25. The highest BCUT2D eigenvalue weighted by Gasteiger charge is 2.32. The lowest BCUT2D eigenvalue weighted by Crippen LogP contribution is -2.40. The van der Waals surface area contributed by atoms with Crippen molar-refractivity contribution < 1.29 is 19.1 Å². The Morgan fingerprint density at radius 3 is 2.32 bits per heavy atom. The fourth-order valence-electron chi connectivity index (χ4n) is 5.52. The minimum Gasteiger partial charge on any atom is -0.478 e. The quantitative estimate of drug-likeness (QED) is 0.280. The number of hydrogen-bond donors (Lipinski definition) is 2. The molecule has 10 heteroatoms. The summed E-state index contributed by atoms with van der Waals surface area (Å²) in [6, 6.07) is 22.5. The van der Waals surface area contributed by atoms with Gasteiger partial charge in [0.25, 0.3) is 11.5 Å². The van der Waals surface area contributed by atoms with Crippen LogP contribution in [-0.2, 0) is 4.79 Å². The van der Waals surface area contributed by atoms with Crippen molar-refractivity contribution in [1.82, 2.24) is 9.13 Å². The van der Waals surface area contributed by atoms with Gasteiger partial charge in [0.05, 0.1) is 27.4 Å². The largest absolute Gasteiger partial charge is 0.478 e. The van der Waals surface area contributed by atoms with E-state index >= 15 is 0 Å². The molecule has 0 radical (unpaired) electrons. The standard InChI is InChI=1S/C34H27FN4O4S/c1-19-17-24(21(3)38(19)27-15-11-23(12-16-27)33(42)43)18-28-32(41)39-30(22-9-13-25(35)14-10-22)29(20(2)36-34(39)44-28)31(40)37-26-7-5-4-6-8-26/h4-18,30H,1-3H3,(H,37,40)(H,42,43)/b28-18-/t30-/m0/s1. The summed E-state index contributed by atoms with van der Waals surface area (Å²) in [7, 11) is 0. The third kappa shape index (κ3) is 5.20. The van der Waals surface area contributed by atoms with Crippen molar-refractivity contribution in [2.75, 3.05) is 5.32 Å². The zero-order chi connectivity index (χ0) is 31.1. The second-order valence-corrected chi connectivity index (χ2v) is 11.5. The Morgan fingerprint density at radius 1 is 0.977 bits per heavy atom. The highest BCUT2D eigenvalue weighted by molar-refractivity contribution is 7.07. The molecule has 2 aromatic heterocycles. The van der Waals surface area contributed by atoms with Crippen molar-refractivity contribution in [2.45, 2.75) is 26.8 Å². The number of fused-ring (bicyclic) bond motifs is 1. The van der Waals surface area contributed by atoms with Crippen molar-refractivity contribution in [3.8, 4) is 5.69 Å². The van der Waals surface area contributed by atoms with Gasteiger partial charge in [-0.3, -0.25) is 14.2 Å². The Hall–Kier alpha value is -5.35. The van der Waals surface area contributed by atoms with E-state index in [1.807, 2.05) is 42.7 Å². The first kappa shape index (κ1) is 28.8. The second-order valence-electron chi connectivity index (χ2n) is 10.5. The molecule has 0 saturated carbocycles. The topological polar surface area (TPSA) is 106 Å². The Bertz CT molecular complexity index is 2140. The van der Waals surface area contributed by atoms with Gasteiger partial charge in [0.1, 0.15) is 5.82 Å². The third-order valence-electron chi connectivity index (χ3n) is 7.61. The molecule has 1 aliphatic rings. The number of halogens is 1. The summed E-state index contributed by atoms with van der Waals surface area (Å²) in [5.74, 6) is -1.83. The van der Waals surface area contributed by atoms with Crippen molar-refractivity contribution in [1.29, 1.82) is 0 Å². The van der Waals surface area contributed by atoms with Gasteiger partial charge in [-0.25, -0.2) is 14.2 Å². The summed E-state index contributed by atoms with van der Waals surface area (Å²) in [5.41, 5.74) is 5.19. The number of carboxylic acid groups (broad SMARTS) is 1. The van der Waals surface area contributed by atoms with Gasteiger partial charge in [0.15, 0.2) is 4.80 Å². The zero-order valence-corrected chi connectivity index (χ0v) is 24.9. The van der Waals surface area contributed by atoms with E-state index in [0.717, 1.165) is 22.6 Å². The molecule has 1 amide bonds. The van der Waals surface area contributed by atoms with Gasteiger partial charge < -0.3 is 15.0 Å². The number of allylic oxidation sites excluding steroid dienone is 1. The van der Waals surface area contributed by atoms with Crippen LogP contribution >= 0.6 is 11.3 Å². The van der Waals surface area contributed by atoms with E-state index in [0.29, 0.717) is 31.9 Å². The molecular formula is C34H27FN4O4S. The van der Waals surface area contributed by atoms with Gasteiger partial charge >= 0.3 is 5.97 Å². The lowest BCUT2D eigenvalue weighted by atomic mass is 9.95. The van der Waals surface area contributed by atoms with Crippen molar-refractivity contribution in [3.05, 3.63) is 150 Å². The Balaban J connectivity index is 1.46. The molecule has 0 aliphatic carbocycles. The molecule has 0 spiro atoms. The van der Waals surface area contributed by atoms with Crippen LogP contribution in [0.3, 0.4) is 0 Å². The maximum atomic E-state index is 14.1. The van der Waals surface area contributed by atoms with Crippen LogP contribution in [0.5, 0.6) is 0 Å². The number of carbonyl (C=O) groups excluding carboxylic acids is 1. The fourth-order valence-corrected chi connectivity index (χ4v) is 6.56. The smallest absolute Gasteiger partial charge is 0.335 e. The van der Waals surface area contributed by atoms with Crippen LogP contribution in [0.25, 0.3) is 11.8 Å². The molecule has 1 aliphatic heterocycles. The number of thiazole rings is 1. The van der Waals surface area contributed by atoms with Gasteiger partial charge in [0.2, 0.25) is 0 Å². The minimum absolute atomic E-state index is 0.195. The number of anilines is 1. The number of amides is 1. The highest BCUT2D eigenvalue weighted by atomic mass is 32.1. The van der Waals surface area contributed by atoms with Crippen LogP contribution in [0.15, 0.2) is 106 Å². The maximum absolute atomic E-state index is 14.1. The first-order valence-corrected chi connectivity index (χ1v) is 14.6. The highest BCUT2D eigenvalue weighted by Crippen LogP contribution is 2.31. The number of hydrogen-bond acceptors (Lipinski definition) is 5. The summed E-state index contributed by atoms with van der Waals surface area (Å²) < 4.78 is 17.9. The number of carboxylic acids is 1. The average Bonchev–Trinajstić information content (AvgIpc) is 3.46. The van der Waals surface area contributed by atoms with Gasteiger partial charge in [0, 0.05) is 22.8 Å². The summed E-state index contributed by atoms with van der Waals surface area (Å²) in [4.78, 5) is 44.1. The number of aryl methyl sites for hydroxylation is 1. The number of nitrogens with one attached hydrogen (secondary N) is 1. The number of aromatic nitrogens is 2. The SMILES string of the molecule is CC1=C(C(=O)Nc2ccccc2)[C@H](c2ccc(F)cc2)n2c(s/c(=C\c3cc(C)n(-c4ccc(C(=O)O)cc4)c3C)c2=O)=N1. The number of benzene rings is 3. The monoisotopic (exact) mass is 606 g/mol. The molecular weight excluding hydrogens is 579 g/mol. The van der Waals surface area contributed by atoms with E-state index < -0.39 is 23.7 Å². The number of carbonyl (C=O) groups is 2.